The highest BCUT2D eigenvalue weighted by Gasteiger charge is 2.22. The maximum absolute atomic E-state index is 10.9. The Bertz CT molecular complexity index is 541. The van der Waals surface area contributed by atoms with Crippen LogP contribution < -0.4 is 0 Å². The third-order valence-electron chi connectivity index (χ3n) is 2.63. The van der Waals surface area contributed by atoms with Gasteiger partial charge in [-0.05, 0) is 11.4 Å². The van der Waals surface area contributed by atoms with Crippen LogP contribution in [0.3, 0.4) is 0 Å². The van der Waals surface area contributed by atoms with Crippen molar-refractivity contribution in [2.45, 2.75) is 13.0 Å². The number of hydrogen-bond acceptors (Lipinski definition) is 3. The van der Waals surface area contributed by atoms with Crippen LogP contribution >= 0.6 is 11.3 Å². The van der Waals surface area contributed by atoms with Crippen molar-refractivity contribution in [3.05, 3.63) is 28.3 Å². The molecule has 2 aromatic rings. The molecule has 4 nitrogen and oxygen atoms in total. The van der Waals surface area contributed by atoms with Crippen LogP contribution in [-0.2, 0) is 13.0 Å². The smallest absolute Gasteiger partial charge is 0.372 e. The van der Waals surface area contributed by atoms with Crippen molar-refractivity contribution in [3.63, 3.8) is 0 Å². The average Bonchev–Trinajstić information content (AvgIpc) is 2.82. The average molecular weight is 220 g/mol. The molecule has 0 atom stereocenters. The first-order valence-electron chi connectivity index (χ1n) is 4.63. The summed E-state index contributed by atoms with van der Waals surface area (Å²) in [5.41, 5.74) is 2.06. The summed E-state index contributed by atoms with van der Waals surface area (Å²) in [7, 11) is 0. The Morgan fingerprint density at radius 3 is 3.27 bits per heavy atom. The van der Waals surface area contributed by atoms with Crippen LogP contribution in [0.25, 0.3) is 11.3 Å². The Morgan fingerprint density at radius 1 is 1.60 bits per heavy atom. The molecule has 1 aliphatic heterocycles. The summed E-state index contributed by atoms with van der Waals surface area (Å²) in [4.78, 5) is 16.2. The predicted molar refractivity (Wildman–Crippen MR) is 56.2 cm³/mol. The maximum atomic E-state index is 10.9. The summed E-state index contributed by atoms with van der Waals surface area (Å²) in [6.45, 7) is 0.713. The number of aryl methyl sites for hydroxylation is 1. The van der Waals surface area contributed by atoms with Gasteiger partial charge in [-0.15, -0.1) is 11.3 Å². The zero-order valence-corrected chi connectivity index (χ0v) is 8.62. The van der Waals surface area contributed by atoms with E-state index in [1.54, 1.807) is 22.1 Å². The number of carboxylic acid groups (broad SMARTS) is 1. The summed E-state index contributed by atoms with van der Waals surface area (Å²) < 4.78 is 1.78. The van der Waals surface area contributed by atoms with E-state index in [2.05, 4.69) is 4.98 Å². The van der Waals surface area contributed by atoms with Crippen LogP contribution in [0.15, 0.2) is 17.6 Å². The molecule has 3 rings (SSSR count). The first-order chi connectivity index (χ1) is 7.27. The van der Waals surface area contributed by atoms with Crippen molar-refractivity contribution in [3.8, 4) is 11.3 Å². The van der Waals surface area contributed by atoms with E-state index in [-0.39, 0.29) is 5.82 Å². The largest absolute Gasteiger partial charge is 0.475 e. The molecule has 0 spiro atoms. The lowest BCUT2D eigenvalue weighted by Crippen LogP contribution is -2.15. The molecule has 0 aromatic carbocycles. The van der Waals surface area contributed by atoms with Crippen molar-refractivity contribution in [1.82, 2.24) is 9.55 Å². The van der Waals surface area contributed by atoms with Crippen LogP contribution in [0.2, 0.25) is 0 Å². The number of fused-ring (bicyclic) bond motifs is 3. The number of carbonyl (C=O) groups is 1. The Labute approximate surface area is 89.8 Å². The van der Waals surface area contributed by atoms with E-state index in [9.17, 15) is 4.79 Å². The van der Waals surface area contributed by atoms with E-state index in [0.29, 0.717) is 6.54 Å². The zero-order chi connectivity index (χ0) is 10.4. The molecule has 0 radical (unpaired) electrons. The molecular weight excluding hydrogens is 212 g/mol. The first-order valence-corrected chi connectivity index (χ1v) is 5.51. The minimum absolute atomic E-state index is 0.141. The van der Waals surface area contributed by atoms with Crippen LogP contribution in [0.4, 0.5) is 0 Å². The first kappa shape index (κ1) is 8.67. The number of hydrogen-bond donors (Lipinski definition) is 1. The van der Waals surface area contributed by atoms with Gasteiger partial charge in [0, 0.05) is 23.4 Å². The fourth-order valence-electron chi connectivity index (χ4n) is 1.96. The van der Waals surface area contributed by atoms with Gasteiger partial charge < -0.3 is 9.67 Å². The van der Waals surface area contributed by atoms with E-state index in [0.717, 1.165) is 17.7 Å². The predicted octanol–water partition coefficient (Wildman–Crippen LogP) is 1.87. The molecule has 3 heterocycles. The molecule has 1 aliphatic rings. The second-order valence-electron chi connectivity index (χ2n) is 3.43. The van der Waals surface area contributed by atoms with Crippen LogP contribution in [0.5, 0.6) is 0 Å². The third kappa shape index (κ3) is 1.13. The van der Waals surface area contributed by atoms with Crippen LogP contribution in [0, 0.1) is 0 Å². The standard InChI is InChI=1S/C10H8N2O2S/c13-10(14)9-11-5-7-6-2-4-15-8(6)1-3-12(7)9/h2,4-5H,1,3H2,(H,13,14). The Hall–Kier alpha value is -1.62. The summed E-state index contributed by atoms with van der Waals surface area (Å²) in [5, 5.41) is 11.0. The molecule has 76 valence electrons. The van der Waals surface area contributed by atoms with E-state index in [1.807, 2.05) is 11.4 Å². The molecule has 0 bridgehead atoms. The maximum Gasteiger partial charge on any atom is 0.372 e. The van der Waals surface area contributed by atoms with Gasteiger partial charge in [0.2, 0.25) is 5.82 Å². The minimum Gasteiger partial charge on any atom is -0.475 e. The van der Waals surface area contributed by atoms with Crippen LogP contribution in [0.1, 0.15) is 15.5 Å². The lowest BCUT2D eigenvalue weighted by atomic mass is 10.1. The molecule has 0 saturated carbocycles. The van der Waals surface area contributed by atoms with Gasteiger partial charge in [0.15, 0.2) is 0 Å². The summed E-state index contributed by atoms with van der Waals surface area (Å²) in [5.74, 6) is -0.818. The fraction of sp³-hybridized carbons (Fsp3) is 0.200. The molecule has 5 heteroatoms. The SMILES string of the molecule is O=C(O)c1ncc2n1CCc1sccc1-2. The Morgan fingerprint density at radius 2 is 2.47 bits per heavy atom. The van der Waals surface area contributed by atoms with Gasteiger partial charge in [-0.25, -0.2) is 9.78 Å². The monoisotopic (exact) mass is 220 g/mol. The lowest BCUT2D eigenvalue weighted by Gasteiger charge is -2.15. The van der Waals surface area contributed by atoms with Gasteiger partial charge in [-0.3, -0.25) is 0 Å². The highest BCUT2D eigenvalue weighted by atomic mass is 32.1. The second kappa shape index (κ2) is 2.93. The molecule has 0 fully saturated rings. The fourth-order valence-corrected chi connectivity index (χ4v) is 2.84. The third-order valence-corrected chi connectivity index (χ3v) is 3.61. The molecule has 15 heavy (non-hydrogen) atoms. The lowest BCUT2D eigenvalue weighted by molar-refractivity contribution is 0.0678. The molecule has 1 N–H and O–H groups in total. The Kier molecular flexibility index (Phi) is 1.70. The zero-order valence-electron chi connectivity index (χ0n) is 7.80. The number of rotatable bonds is 1. The van der Waals surface area contributed by atoms with Gasteiger partial charge in [0.1, 0.15) is 0 Å². The number of imidazole rings is 1. The molecule has 0 saturated heterocycles. The van der Waals surface area contributed by atoms with Crippen LogP contribution in [-0.4, -0.2) is 20.6 Å². The summed E-state index contributed by atoms with van der Waals surface area (Å²) >= 11 is 1.72. The van der Waals surface area contributed by atoms with Crippen molar-refractivity contribution >= 4 is 17.3 Å². The minimum atomic E-state index is -0.958. The van der Waals surface area contributed by atoms with E-state index in [1.165, 1.54) is 4.88 Å². The van der Waals surface area contributed by atoms with Crippen molar-refractivity contribution in [2.75, 3.05) is 0 Å². The van der Waals surface area contributed by atoms with E-state index >= 15 is 0 Å². The normalized spacial score (nSPS) is 13.3. The number of nitrogens with zero attached hydrogens (tertiary/aromatic N) is 2. The second-order valence-corrected chi connectivity index (χ2v) is 4.43. The summed E-state index contributed by atoms with van der Waals surface area (Å²) in [6.07, 6.45) is 2.55. The molecular formula is C10H8N2O2S. The highest BCUT2D eigenvalue weighted by molar-refractivity contribution is 7.10. The topological polar surface area (TPSA) is 55.1 Å². The van der Waals surface area contributed by atoms with Gasteiger partial charge in [0.05, 0.1) is 11.9 Å². The number of aromatic nitrogens is 2. The molecule has 0 amide bonds. The molecule has 0 aliphatic carbocycles. The number of aromatic carboxylic acids is 1. The van der Waals surface area contributed by atoms with Gasteiger partial charge >= 0.3 is 5.97 Å². The summed E-state index contributed by atoms with van der Waals surface area (Å²) in [6, 6.07) is 2.03. The van der Waals surface area contributed by atoms with Crippen molar-refractivity contribution < 1.29 is 9.90 Å². The van der Waals surface area contributed by atoms with E-state index < -0.39 is 5.97 Å². The molecule has 0 unspecified atom stereocenters. The quantitative estimate of drug-likeness (QED) is 0.798. The van der Waals surface area contributed by atoms with Crippen molar-refractivity contribution in [2.24, 2.45) is 0 Å². The highest BCUT2D eigenvalue weighted by Crippen LogP contribution is 2.33. The van der Waals surface area contributed by atoms with Gasteiger partial charge in [-0.1, -0.05) is 0 Å². The van der Waals surface area contributed by atoms with E-state index in [4.69, 9.17) is 5.11 Å². The number of carboxylic acids is 1. The Balaban J connectivity index is 2.23. The van der Waals surface area contributed by atoms with Gasteiger partial charge in [0.25, 0.3) is 0 Å². The number of thiophene rings is 1. The molecule has 2 aromatic heterocycles. The van der Waals surface area contributed by atoms with Crippen molar-refractivity contribution in [1.29, 1.82) is 0 Å². The van der Waals surface area contributed by atoms with Gasteiger partial charge in [-0.2, -0.15) is 0 Å².